The summed E-state index contributed by atoms with van der Waals surface area (Å²) in [5.74, 6) is -0.132. The Morgan fingerprint density at radius 2 is 2.03 bits per heavy atom. The molecule has 0 spiro atoms. The monoisotopic (exact) mass is 422 g/mol. The predicted octanol–water partition coefficient (Wildman–Crippen LogP) is 3.32. The molecule has 4 rings (SSSR count). The topological polar surface area (TPSA) is 70.1 Å². The van der Waals surface area contributed by atoms with E-state index in [0.29, 0.717) is 40.4 Å². The Morgan fingerprint density at radius 3 is 2.80 bits per heavy atom. The van der Waals surface area contributed by atoms with E-state index in [1.807, 2.05) is 30.3 Å². The van der Waals surface area contributed by atoms with Crippen molar-refractivity contribution in [3.8, 4) is 0 Å². The van der Waals surface area contributed by atoms with Gasteiger partial charge in [-0.2, -0.15) is 0 Å². The lowest BCUT2D eigenvalue weighted by atomic mass is 10.1. The van der Waals surface area contributed by atoms with Gasteiger partial charge in [-0.1, -0.05) is 37.3 Å². The van der Waals surface area contributed by atoms with Gasteiger partial charge in [0.1, 0.15) is 0 Å². The number of likely N-dealkylation sites (N-methyl/N-ethyl adjacent to an activating group) is 1. The van der Waals surface area contributed by atoms with E-state index in [2.05, 4.69) is 22.1 Å². The molecule has 0 saturated carbocycles. The standard InChI is InChI=1S/C23H26N4O2S/c1-2-26-12-6-9-18(26)14-24-21(28)17-10-11-19-20(13-17)25-23(30)27(22(19)29)15-16-7-4-3-5-8-16/h3-5,7-8,10-11,13,18H,2,6,9,12,14-15H2,1H3,(H,24,28)(H,25,30)/t18-/m1/s1. The number of aromatic nitrogens is 2. The Bertz CT molecular complexity index is 1170. The van der Waals surface area contributed by atoms with E-state index in [4.69, 9.17) is 12.2 Å². The van der Waals surface area contributed by atoms with E-state index in [-0.39, 0.29) is 11.5 Å². The molecule has 2 aromatic carbocycles. The molecule has 0 unspecified atom stereocenters. The Hall–Kier alpha value is -2.77. The van der Waals surface area contributed by atoms with Gasteiger partial charge in [0.2, 0.25) is 0 Å². The summed E-state index contributed by atoms with van der Waals surface area (Å²) in [6.07, 6.45) is 2.29. The number of likely N-dealkylation sites (tertiary alicyclic amines) is 1. The van der Waals surface area contributed by atoms with Crippen molar-refractivity contribution < 1.29 is 4.79 Å². The highest BCUT2D eigenvalue weighted by Gasteiger charge is 2.23. The minimum Gasteiger partial charge on any atom is -0.350 e. The molecule has 1 aromatic heterocycles. The van der Waals surface area contributed by atoms with Crippen molar-refractivity contribution in [2.45, 2.75) is 32.4 Å². The fraction of sp³-hybridized carbons (Fsp3) is 0.348. The zero-order valence-corrected chi connectivity index (χ0v) is 17.9. The third kappa shape index (κ3) is 4.22. The second kappa shape index (κ2) is 8.93. The number of rotatable bonds is 6. The Morgan fingerprint density at radius 1 is 1.23 bits per heavy atom. The normalized spacial score (nSPS) is 16.8. The highest BCUT2D eigenvalue weighted by atomic mass is 32.1. The van der Waals surface area contributed by atoms with Gasteiger partial charge in [-0.25, -0.2) is 0 Å². The smallest absolute Gasteiger partial charge is 0.262 e. The molecule has 7 heteroatoms. The van der Waals surface area contributed by atoms with E-state index in [1.54, 1.807) is 22.8 Å². The fourth-order valence-electron chi connectivity index (χ4n) is 4.16. The van der Waals surface area contributed by atoms with Crippen molar-refractivity contribution in [2.24, 2.45) is 0 Å². The summed E-state index contributed by atoms with van der Waals surface area (Å²) in [6.45, 7) is 5.29. The van der Waals surface area contributed by atoms with Crippen LogP contribution in [-0.4, -0.2) is 46.0 Å². The van der Waals surface area contributed by atoms with Crippen LogP contribution in [0, 0.1) is 4.77 Å². The van der Waals surface area contributed by atoms with Gasteiger partial charge in [-0.3, -0.25) is 19.1 Å². The summed E-state index contributed by atoms with van der Waals surface area (Å²) in [7, 11) is 0. The molecule has 2 N–H and O–H groups in total. The average Bonchev–Trinajstić information content (AvgIpc) is 3.23. The minimum absolute atomic E-state index is 0.132. The number of amides is 1. The number of carbonyl (C=O) groups excluding carboxylic acids is 1. The number of H-pyrrole nitrogens is 1. The van der Waals surface area contributed by atoms with Crippen molar-refractivity contribution in [1.29, 1.82) is 0 Å². The van der Waals surface area contributed by atoms with Crippen molar-refractivity contribution >= 4 is 29.0 Å². The first-order chi connectivity index (χ1) is 14.6. The van der Waals surface area contributed by atoms with Crippen LogP contribution in [0.1, 0.15) is 35.7 Å². The highest BCUT2D eigenvalue weighted by molar-refractivity contribution is 7.71. The highest BCUT2D eigenvalue weighted by Crippen LogP contribution is 2.16. The Balaban J connectivity index is 1.55. The van der Waals surface area contributed by atoms with Crippen LogP contribution < -0.4 is 10.9 Å². The van der Waals surface area contributed by atoms with E-state index < -0.39 is 0 Å². The summed E-state index contributed by atoms with van der Waals surface area (Å²) in [4.78, 5) is 31.2. The number of aromatic amines is 1. The molecule has 1 saturated heterocycles. The molecule has 1 amide bonds. The molecule has 6 nitrogen and oxygen atoms in total. The van der Waals surface area contributed by atoms with Crippen LogP contribution in [0.15, 0.2) is 53.3 Å². The van der Waals surface area contributed by atoms with Crippen molar-refractivity contribution in [2.75, 3.05) is 19.6 Å². The van der Waals surface area contributed by atoms with Gasteiger partial charge in [-0.05, 0) is 61.9 Å². The number of fused-ring (bicyclic) bond motifs is 1. The fourth-order valence-corrected chi connectivity index (χ4v) is 4.42. The van der Waals surface area contributed by atoms with Crippen molar-refractivity contribution in [3.63, 3.8) is 0 Å². The molecule has 156 valence electrons. The van der Waals surface area contributed by atoms with Gasteiger partial charge in [-0.15, -0.1) is 0 Å². The largest absolute Gasteiger partial charge is 0.350 e. The number of benzene rings is 2. The van der Waals surface area contributed by atoms with Gasteiger partial charge in [0.25, 0.3) is 11.5 Å². The average molecular weight is 423 g/mol. The molecular formula is C23H26N4O2S. The number of carbonyl (C=O) groups is 1. The quantitative estimate of drug-likeness (QED) is 0.598. The zero-order chi connectivity index (χ0) is 21.1. The lowest BCUT2D eigenvalue weighted by Gasteiger charge is -2.22. The van der Waals surface area contributed by atoms with Gasteiger partial charge in [0, 0.05) is 18.2 Å². The van der Waals surface area contributed by atoms with Gasteiger partial charge >= 0.3 is 0 Å². The molecule has 3 aromatic rings. The molecule has 1 aliphatic rings. The molecule has 0 radical (unpaired) electrons. The van der Waals surface area contributed by atoms with Crippen LogP contribution in [-0.2, 0) is 6.54 Å². The van der Waals surface area contributed by atoms with Gasteiger partial charge in [0.05, 0.1) is 17.4 Å². The number of hydrogen-bond acceptors (Lipinski definition) is 4. The van der Waals surface area contributed by atoms with Crippen molar-refractivity contribution in [1.82, 2.24) is 19.8 Å². The number of nitrogens with one attached hydrogen (secondary N) is 2. The van der Waals surface area contributed by atoms with Crippen LogP contribution in [0.4, 0.5) is 0 Å². The maximum absolute atomic E-state index is 13.0. The summed E-state index contributed by atoms with van der Waals surface area (Å²) in [5, 5.41) is 3.56. The summed E-state index contributed by atoms with van der Waals surface area (Å²) < 4.78 is 1.89. The molecule has 1 atom stereocenters. The second-order valence-electron chi connectivity index (χ2n) is 7.70. The molecular weight excluding hydrogens is 396 g/mol. The van der Waals surface area contributed by atoms with Crippen LogP contribution in [0.3, 0.4) is 0 Å². The predicted molar refractivity (Wildman–Crippen MR) is 122 cm³/mol. The lowest BCUT2D eigenvalue weighted by Crippen LogP contribution is -2.40. The lowest BCUT2D eigenvalue weighted by molar-refractivity contribution is 0.0941. The van der Waals surface area contributed by atoms with E-state index in [1.165, 1.54) is 6.42 Å². The first-order valence-corrected chi connectivity index (χ1v) is 10.8. The first kappa shape index (κ1) is 20.5. The molecule has 1 fully saturated rings. The first-order valence-electron chi connectivity index (χ1n) is 10.4. The molecule has 0 aliphatic carbocycles. The summed E-state index contributed by atoms with van der Waals surface area (Å²) in [5.41, 5.74) is 1.95. The molecule has 2 heterocycles. The van der Waals surface area contributed by atoms with Crippen LogP contribution in [0.2, 0.25) is 0 Å². The van der Waals surface area contributed by atoms with E-state index >= 15 is 0 Å². The number of nitrogens with zero attached hydrogens (tertiary/aromatic N) is 2. The summed E-state index contributed by atoms with van der Waals surface area (Å²) >= 11 is 5.43. The van der Waals surface area contributed by atoms with Crippen LogP contribution >= 0.6 is 12.2 Å². The van der Waals surface area contributed by atoms with Gasteiger partial charge < -0.3 is 10.3 Å². The maximum atomic E-state index is 13.0. The third-order valence-corrected chi connectivity index (χ3v) is 6.15. The molecule has 30 heavy (non-hydrogen) atoms. The van der Waals surface area contributed by atoms with E-state index in [0.717, 1.165) is 25.1 Å². The molecule has 1 aliphatic heterocycles. The zero-order valence-electron chi connectivity index (χ0n) is 17.1. The van der Waals surface area contributed by atoms with E-state index in [9.17, 15) is 9.59 Å². The summed E-state index contributed by atoms with van der Waals surface area (Å²) in [6, 6.07) is 15.2. The Labute approximate surface area is 180 Å². The van der Waals surface area contributed by atoms with Crippen molar-refractivity contribution in [3.05, 3.63) is 74.8 Å². The maximum Gasteiger partial charge on any atom is 0.262 e. The minimum atomic E-state index is -0.158. The molecule has 0 bridgehead atoms. The van der Waals surface area contributed by atoms with Crippen LogP contribution in [0.5, 0.6) is 0 Å². The third-order valence-electron chi connectivity index (χ3n) is 5.83. The SMILES string of the molecule is CCN1CCC[C@@H]1CNC(=O)c1ccc2c(=O)n(Cc3ccccc3)c(=S)[nH]c2c1. The second-order valence-corrected chi connectivity index (χ2v) is 8.09. The number of hydrogen-bond donors (Lipinski definition) is 2. The Kier molecular flexibility index (Phi) is 6.11. The van der Waals surface area contributed by atoms with Gasteiger partial charge in [0.15, 0.2) is 4.77 Å². The van der Waals surface area contributed by atoms with Crippen LogP contribution in [0.25, 0.3) is 10.9 Å².